The molecule has 0 saturated carbocycles. The molecule has 1 heterocycles. The third kappa shape index (κ3) is 3.35. The van der Waals surface area contributed by atoms with E-state index >= 15 is 0 Å². The minimum atomic E-state index is -3.60. The summed E-state index contributed by atoms with van der Waals surface area (Å²) < 4.78 is 27.0. The monoisotopic (exact) mass is 309 g/mol. The highest BCUT2D eigenvalue weighted by Gasteiger charge is 2.40. The van der Waals surface area contributed by atoms with Crippen molar-refractivity contribution in [2.75, 3.05) is 6.54 Å². The lowest BCUT2D eigenvalue weighted by Gasteiger charge is -2.36. The van der Waals surface area contributed by atoms with Gasteiger partial charge in [0, 0.05) is 12.0 Å². The number of benzene rings is 1. The average Bonchev–Trinajstić information content (AvgIpc) is 2.46. The van der Waals surface area contributed by atoms with E-state index in [2.05, 4.69) is 0 Å². The number of hydrogen-bond acceptors (Lipinski definition) is 3. The summed E-state index contributed by atoms with van der Waals surface area (Å²) >= 11 is 0. The minimum Gasteiger partial charge on any atom is -0.297 e. The molecule has 1 aromatic carbocycles. The van der Waals surface area contributed by atoms with Crippen LogP contribution in [0.5, 0.6) is 0 Å². The Hall–Kier alpha value is -1.20. The normalized spacial score (nSPS) is 21.2. The summed E-state index contributed by atoms with van der Waals surface area (Å²) in [5.74, 6) is 0.00158. The molecule has 1 atom stereocenters. The van der Waals surface area contributed by atoms with Crippen molar-refractivity contribution in [3.05, 3.63) is 30.3 Å². The molecule has 1 fully saturated rings. The molecule has 0 amide bonds. The summed E-state index contributed by atoms with van der Waals surface area (Å²) in [5.41, 5.74) is -0.535. The number of piperidine rings is 1. The van der Waals surface area contributed by atoms with Gasteiger partial charge in [-0.15, -0.1) is 0 Å². The Labute approximate surface area is 127 Å². The van der Waals surface area contributed by atoms with Gasteiger partial charge in [-0.2, -0.15) is 4.31 Å². The molecule has 0 spiro atoms. The lowest BCUT2D eigenvalue weighted by atomic mass is 9.83. The number of hydrogen-bond donors (Lipinski definition) is 0. The molecule has 0 aromatic heterocycles. The Morgan fingerprint density at radius 3 is 2.33 bits per heavy atom. The van der Waals surface area contributed by atoms with Crippen molar-refractivity contribution in [3.63, 3.8) is 0 Å². The van der Waals surface area contributed by atoms with Crippen molar-refractivity contribution in [1.29, 1.82) is 0 Å². The number of sulfonamides is 1. The summed E-state index contributed by atoms with van der Waals surface area (Å²) in [7, 11) is -3.60. The Kier molecular flexibility index (Phi) is 4.54. The Balaban J connectivity index is 2.38. The van der Waals surface area contributed by atoms with Crippen LogP contribution in [0.25, 0.3) is 0 Å². The van der Waals surface area contributed by atoms with Gasteiger partial charge in [-0.1, -0.05) is 45.4 Å². The first-order valence-electron chi connectivity index (χ1n) is 7.36. The van der Waals surface area contributed by atoms with E-state index in [0.717, 1.165) is 12.8 Å². The lowest BCUT2D eigenvalue weighted by Crippen LogP contribution is -2.50. The van der Waals surface area contributed by atoms with Crippen LogP contribution in [-0.2, 0) is 14.8 Å². The maximum Gasteiger partial charge on any atom is 0.243 e. The van der Waals surface area contributed by atoms with Crippen LogP contribution in [0.3, 0.4) is 0 Å². The number of carbonyl (C=O) groups excluding carboxylic acids is 1. The van der Waals surface area contributed by atoms with E-state index in [-0.39, 0.29) is 10.7 Å². The van der Waals surface area contributed by atoms with Gasteiger partial charge in [-0.25, -0.2) is 8.42 Å². The molecule has 1 saturated heterocycles. The average molecular weight is 309 g/mol. The highest BCUT2D eigenvalue weighted by molar-refractivity contribution is 7.89. The second-order valence-electron chi connectivity index (χ2n) is 6.55. The highest BCUT2D eigenvalue weighted by atomic mass is 32.2. The topological polar surface area (TPSA) is 54.5 Å². The van der Waals surface area contributed by atoms with Gasteiger partial charge in [0.05, 0.1) is 10.9 Å². The maximum atomic E-state index is 12.8. The van der Waals surface area contributed by atoms with Crippen molar-refractivity contribution in [2.24, 2.45) is 5.41 Å². The molecule has 0 bridgehead atoms. The van der Waals surface area contributed by atoms with E-state index in [1.165, 1.54) is 4.31 Å². The van der Waals surface area contributed by atoms with Crippen LogP contribution in [0.1, 0.15) is 40.0 Å². The van der Waals surface area contributed by atoms with Crippen LogP contribution in [0.4, 0.5) is 0 Å². The van der Waals surface area contributed by atoms with Gasteiger partial charge < -0.3 is 0 Å². The molecule has 0 N–H and O–H groups in total. The van der Waals surface area contributed by atoms with Crippen LogP contribution < -0.4 is 0 Å². The SMILES string of the molecule is CC(C)(C)C(=O)C1CCCCN1S(=O)(=O)c1ccccc1. The quantitative estimate of drug-likeness (QED) is 0.862. The Morgan fingerprint density at radius 1 is 1.14 bits per heavy atom. The lowest BCUT2D eigenvalue weighted by molar-refractivity contribution is -0.131. The summed E-state index contributed by atoms with van der Waals surface area (Å²) in [6.45, 7) is 5.95. The zero-order valence-electron chi connectivity index (χ0n) is 12.9. The Morgan fingerprint density at radius 2 is 1.76 bits per heavy atom. The summed E-state index contributed by atoms with van der Waals surface area (Å²) in [5, 5.41) is 0. The van der Waals surface area contributed by atoms with E-state index in [0.29, 0.717) is 13.0 Å². The highest BCUT2D eigenvalue weighted by Crippen LogP contribution is 2.30. The van der Waals surface area contributed by atoms with Crippen LogP contribution in [-0.4, -0.2) is 31.1 Å². The minimum absolute atomic E-state index is 0.00158. The standard InChI is InChI=1S/C16H23NO3S/c1-16(2,3)15(18)14-11-7-8-12-17(14)21(19,20)13-9-5-4-6-10-13/h4-6,9-10,14H,7-8,11-12H2,1-3H3. The van der Waals surface area contributed by atoms with Gasteiger partial charge in [0.15, 0.2) is 5.78 Å². The van der Waals surface area contributed by atoms with Crippen molar-refractivity contribution in [3.8, 4) is 0 Å². The fourth-order valence-corrected chi connectivity index (χ4v) is 4.36. The van der Waals surface area contributed by atoms with E-state index in [9.17, 15) is 13.2 Å². The number of Topliss-reactive ketones (excluding diaryl/α,β-unsaturated/α-hetero) is 1. The van der Waals surface area contributed by atoms with Crippen molar-refractivity contribution in [1.82, 2.24) is 4.31 Å². The number of carbonyl (C=O) groups is 1. The van der Waals surface area contributed by atoms with Gasteiger partial charge in [-0.05, 0) is 25.0 Å². The van der Waals surface area contributed by atoms with Crippen molar-refractivity contribution >= 4 is 15.8 Å². The number of ketones is 1. The number of rotatable bonds is 3. The third-order valence-corrected chi connectivity index (χ3v) is 5.77. The van der Waals surface area contributed by atoms with Gasteiger partial charge in [0.2, 0.25) is 10.0 Å². The van der Waals surface area contributed by atoms with Gasteiger partial charge >= 0.3 is 0 Å². The van der Waals surface area contributed by atoms with Gasteiger partial charge in [0.1, 0.15) is 0 Å². The Bertz CT molecular complexity index is 602. The summed E-state index contributed by atoms with van der Waals surface area (Å²) in [6, 6.07) is 7.83. The summed E-state index contributed by atoms with van der Waals surface area (Å²) in [4.78, 5) is 12.9. The molecule has 1 unspecified atom stereocenters. The predicted molar refractivity (Wildman–Crippen MR) is 82.4 cm³/mol. The number of nitrogens with zero attached hydrogens (tertiary/aromatic N) is 1. The first kappa shape index (κ1) is 16.2. The molecular weight excluding hydrogens is 286 g/mol. The van der Waals surface area contributed by atoms with Crippen LogP contribution in [0, 0.1) is 5.41 Å². The molecule has 116 valence electrons. The van der Waals surface area contributed by atoms with E-state index in [4.69, 9.17) is 0 Å². The fraction of sp³-hybridized carbons (Fsp3) is 0.562. The molecule has 1 aliphatic rings. The second-order valence-corrected chi connectivity index (χ2v) is 8.45. The molecule has 0 radical (unpaired) electrons. The van der Waals surface area contributed by atoms with Gasteiger partial charge in [-0.3, -0.25) is 4.79 Å². The molecule has 0 aliphatic carbocycles. The van der Waals surface area contributed by atoms with Crippen LogP contribution >= 0.6 is 0 Å². The molecule has 1 aliphatic heterocycles. The molecule has 21 heavy (non-hydrogen) atoms. The molecular formula is C16H23NO3S. The third-order valence-electron chi connectivity index (χ3n) is 3.85. The molecule has 4 nitrogen and oxygen atoms in total. The zero-order chi connectivity index (χ0) is 15.7. The zero-order valence-corrected chi connectivity index (χ0v) is 13.7. The largest absolute Gasteiger partial charge is 0.297 e. The van der Waals surface area contributed by atoms with Crippen molar-refractivity contribution < 1.29 is 13.2 Å². The predicted octanol–water partition coefficient (Wildman–Crippen LogP) is 2.85. The van der Waals surface area contributed by atoms with Crippen LogP contribution in [0.15, 0.2) is 35.2 Å². The van der Waals surface area contributed by atoms with Crippen LogP contribution in [0.2, 0.25) is 0 Å². The molecule has 2 rings (SSSR count). The van der Waals surface area contributed by atoms with E-state index in [1.807, 2.05) is 20.8 Å². The van der Waals surface area contributed by atoms with E-state index < -0.39 is 21.5 Å². The first-order valence-corrected chi connectivity index (χ1v) is 8.80. The van der Waals surface area contributed by atoms with Gasteiger partial charge in [0.25, 0.3) is 0 Å². The van der Waals surface area contributed by atoms with Crippen molar-refractivity contribution in [2.45, 2.75) is 51.0 Å². The fourth-order valence-electron chi connectivity index (χ4n) is 2.68. The van der Waals surface area contributed by atoms with E-state index in [1.54, 1.807) is 30.3 Å². The first-order chi connectivity index (χ1) is 9.74. The second kappa shape index (κ2) is 5.89. The maximum absolute atomic E-state index is 12.8. The summed E-state index contributed by atoms with van der Waals surface area (Å²) in [6.07, 6.45) is 2.31. The molecule has 5 heteroatoms. The molecule has 1 aromatic rings. The smallest absolute Gasteiger partial charge is 0.243 e.